The van der Waals surface area contributed by atoms with Crippen molar-refractivity contribution in [3.63, 3.8) is 0 Å². The molecule has 2 aliphatic rings. The Morgan fingerprint density at radius 3 is 2.26 bits per heavy atom. The molecule has 0 amide bonds. The highest BCUT2D eigenvalue weighted by atomic mass is 32.2. The van der Waals surface area contributed by atoms with Crippen LogP contribution in [0, 0.1) is 6.92 Å². The molecule has 3 aromatic rings. The Morgan fingerprint density at radius 1 is 0.903 bits per heavy atom. The van der Waals surface area contributed by atoms with Gasteiger partial charge in [-0.2, -0.15) is 4.31 Å². The number of rotatable bonds is 3. The lowest BCUT2D eigenvalue weighted by Crippen LogP contribution is -2.48. The van der Waals surface area contributed by atoms with Gasteiger partial charge in [-0.3, -0.25) is 0 Å². The van der Waals surface area contributed by atoms with Crippen LogP contribution in [0.5, 0.6) is 0 Å². The summed E-state index contributed by atoms with van der Waals surface area (Å²) in [5, 5.41) is 0. The number of hydrogen-bond donors (Lipinski definition) is 0. The first-order valence-corrected chi connectivity index (χ1v) is 11.8. The van der Waals surface area contributed by atoms with Crippen molar-refractivity contribution >= 4 is 16.0 Å². The van der Waals surface area contributed by atoms with Crippen molar-refractivity contribution in [1.82, 2.24) is 4.31 Å². The van der Waals surface area contributed by atoms with Crippen LogP contribution in [0.1, 0.15) is 34.3 Å². The van der Waals surface area contributed by atoms with Crippen LogP contribution in [0.25, 0.3) is 11.1 Å². The fourth-order valence-corrected chi connectivity index (χ4v) is 6.08. The Labute approximate surface area is 182 Å². The van der Waals surface area contributed by atoms with Crippen LogP contribution < -0.4 is 0 Å². The molecule has 1 saturated heterocycles. The highest BCUT2D eigenvalue weighted by Crippen LogP contribution is 2.43. The van der Waals surface area contributed by atoms with E-state index in [1.807, 2.05) is 55.5 Å². The van der Waals surface area contributed by atoms with Crippen LogP contribution in [0.2, 0.25) is 0 Å². The van der Waals surface area contributed by atoms with E-state index < -0.39 is 15.6 Å². The van der Waals surface area contributed by atoms with E-state index in [1.165, 1.54) is 9.87 Å². The summed E-state index contributed by atoms with van der Waals surface area (Å²) in [6.07, 6.45) is 1.25. The predicted octanol–water partition coefficient (Wildman–Crippen LogP) is 4.51. The number of carbonyl (C=O) groups is 1. The van der Waals surface area contributed by atoms with Crippen molar-refractivity contribution in [2.45, 2.75) is 30.3 Å². The van der Waals surface area contributed by atoms with Gasteiger partial charge in [-0.15, -0.1) is 0 Å². The zero-order chi connectivity index (χ0) is 21.6. The maximum Gasteiger partial charge on any atom is 0.339 e. The van der Waals surface area contributed by atoms with Crippen LogP contribution >= 0.6 is 0 Å². The monoisotopic (exact) mass is 433 g/mol. The van der Waals surface area contributed by atoms with Crippen LogP contribution in [-0.4, -0.2) is 31.8 Å². The maximum absolute atomic E-state index is 13.4. The molecule has 0 aromatic heterocycles. The third kappa shape index (κ3) is 3.36. The second-order valence-electron chi connectivity index (χ2n) is 8.26. The molecular weight excluding hydrogens is 410 g/mol. The van der Waals surface area contributed by atoms with Gasteiger partial charge in [-0.25, -0.2) is 13.2 Å². The van der Waals surface area contributed by atoms with Crippen molar-refractivity contribution in [2.24, 2.45) is 0 Å². The fourth-order valence-electron chi connectivity index (χ4n) is 4.55. The van der Waals surface area contributed by atoms with Crippen molar-refractivity contribution in [2.75, 3.05) is 13.1 Å². The van der Waals surface area contributed by atoms with Gasteiger partial charge in [0.2, 0.25) is 10.0 Å². The first-order chi connectivity index (χ1) is 14.9. The molecule has 0 bridgehead atoms. The topological polar surface area (TPSA) is 63.7 Å². The van der Waals surface area contributed by atoms with Gasteiger partial charge < -0.3 is 4.74 Å². The van der Waals surface area contributed by atoms with Gasteiger partial charge >= 0.3 is 5.97 Å². The average molecular weight is 434 g/mol. The summed E-state index contributed by atoms with van der Waals surface area (Å²) < 4.78 is 34.0. The quantitative estimate of drug-likeness (QED) is 0.570. The molecule has 1 spiro atoms. The SMILES string of the molecule is Cc1ccc(-c2ccc(S(=O)(=O)N3CCCC4(C3)OC(=O)c3ccccc34)cc2)cc1. The molecule has 1 unspecified atom stereocenters. The van der Waals surface area contributed by atoms with Crippen molar-refractivity contribution in [3.8, 4) is 11.1 Å². The second kappa shape index (κ2) is 7.32. The molecule has 158 valence electrons. The third-order valence-corrected chi connectivity index (χ3v) is 8.08. The molecule has 1 atom stereocenters. The molecule has 31 heavy (non-hydrogen) atoms. The molecule has 5 rings (SSSR count). The molecule has 0 aliphatic carbocycles. The largest absolute Gasteiger partial charge is 0.449 e. The number of ether oxygens (including phenoxy) is 1. The highest BCUT2D eigenvalue weighted by Gasteiger charge is 2.50. The maximum atomic E-state index is 13.4. The van der Waals surface area contributed by atoms with E-state index in [9.17, 15) is 13.2 Å². The first-order valence-electron chi connectivity index (χ1n) is 10.4. The molecule has 1 fully saturated rings. The number of sulfonamides is 1. The Morgan fingerprint density at radius 2 is 1.55 bits per heavy atom. The number of aryl methyl sites for hydroxylation is 1. The molecule has 0 N–H and O–H groups in total. The number of carbonyl (C=O) groups excluding carboxylic acids is 1. The van der Waals surface area contributed by atoms with E-state index in [0.29, 0.717) is 24.9 Å². The van der Waals surface area contributed by atoms with Crippen LogP contribution in [0.4, 0.5) is 0 Å². The third-order valence-electron chi connectivity index (χ3n) is 6.22. The molecule has 2 heterocycles. The smallest absolute Gasteiger partial charge is 0.339 e. The standard InChI is InChI=1S/C25H23NO4S/c1-18-7-9-19(10-8-18)20-11-13-21(14-12-20)31(28,29)26-16-4-15-25(17-26)23-6-3-2-5-22(23)24(27)30-25/h2-3,5-14H,4,15-17H2,1H3. The van der Waals surface area contributed by atoms with Crippen molar-refractivity contribution in [1.29, 1.82) is 0 Å². The first kappa shape index (κ1) is 20.0. The summed E-state index contributed by atoms with van der Waals surface area (Å²) >= 11 is 0. The van der Waals surface area contributed by atoms with E-state index in [4.69, 9.17) is 4.74 Å². The van der Waals surface area contributed by atoms with E-state index in [1.54, 1.807) is 24.3 Å². The van der Waals surface area contributed by atoms with Gasteiger partial charge in [0, 0.05) is 12.1 Å². The lowest BCUT2D eigenvalue weighted by molar-refractivity contribution is -0.0345. The normalized spacial score (nSPS) is 21.1. The lowest BCUT2D eigenvalue weighted by atomic mass is 9.86. The van der Waals surface area contributed by atoms with Gasteiger partial charge in [0.05, 0.1) is 17.0 Å². The minimum absolute atomic E-state index is 0.137. The van der Waals surface area contributed by atoms with E-state index in [0.717, 1.165) is 16.7 Å². The van der Waals surface area contributed by atoms with Crippen molar-refractivity contribution in [3.05, 3.63) is 89.5 Å². The van der Waals surface area contributed by atoms with Crippen molar-refractivity contribution < 1.29 is 17.9 Å². The number of fused-ring (bicyclic) bond motifs is 2. The molecule has 5 nitrogen and oxygen atoms in total. The van der Waals surface area contributed by atoms with E-state index in [-0.39, 0.29) is 17.4 Å². The summed E-state index contributed by atoms with van der Waals surface area (Å²) in [5.41, 5.74) is 3.60. The van der Waals surface area contributed by atoms with E-state index >= 15 is 0 Å². The number of piperidine rings is 1. The van der Waals surface area contributed by atoms with Gasteiger partial charge in [-0.05, 0) is 49.1 Å². The highest BCUT2D eigenvalue weighted by molar-refractivity contribution is 7.89. The predicted molar refractivity (Wildman–Crippen MR) is 118 cm³/mol. The summed E-state index contributed by atoms with van der Waals surface area (Å²) in [7, 11) is -3.71. The Bertz CT molecular complexity index is 1250. The Kier molecular flexibility index (Phi) is 4.72. The molecule has 3 aromatic carbocycles. The molecule has 2 aliphatic heterocycles. The molecular formula is C25H23NO4S. The Balaban J connectivity index is 1.43. The van der Waals surface area contributed by atoms with Crippen LogP contribution in [0.3, 0.4) is 0 Å². The minimum Gasteiger partial charge on any atom is -0.449 e. The summed E-state index contributed by atoms with van der Waals surface area (Å²) in [4.78, 5) is 12.6. The second-order valence-corrected chi connectivity index (χ2v) is 10.2. The van der Waals surface area contributed by atoms with E-state index in [2.05, 4.69) is 0 Å². The zero-order valence-electron chi connectivity index (χ0n) is 17.2. The molecule has 0 radical (unpaired) electrons. The summed E-state index contributed by atoms with van der Waals surface area (Å²) in [6.45, 7) is 2.58. The zero-order valence-corrected chi connectivity index (χ0v) is 18.1. The van der Waals surface area contributed by atoms with Crippen LogP contribution in [-0.2, 0) is 20.4 Å². The molecule has 0 saturated carbocycles. The van der Waals surface area contributed by atoms with Gasteiger partial charge in [0.1, 0.15) is 0 Å². The van der Waals surface area contributed by atoms with Gasteiger partial charge in [-0.1, -0.05) is 60.2 Å². The number of esters is 1. The average Bonchev–Trinajstić information content (AvgIpc) is 3.05. The summed E-state index contributed by atoms with van der Waals surface area (Å²) in [6, 6.07) is 22.4. The minimum atomic E-state index is -3.71. The lowest BCUT2D eigenvalue weighted by Gasteiger charge is -2.38. The fraction of sp³-hybridized carbons (Fsp3) is 0.240. The number of nitrogens with zero attached hydrogens (tertiary/aromatic N) is 1. The van der Waals surface area contributed by atoms with Gasteiger partial charge in [0.15, 0.2) is 5.60 Å². The van der Waals surface area contributed by atoms with Crippen LogP contribution in [0.15, 0.2) is 77.7 Å². The Hall–Kier alpha value is -2.96. The van der Waals surface area contributed by atoms with Gasteiger partial charge in [0.25, 0.3) is 0 Å². The number of benzene rings is 3. The number of hydrogen-bond acceptors (Lipinski definition) is 4. The summed E-state index contributed by atoms with van der Waals surface area (Å²) in [5.74, 6) is -0.378. The molecule has 6 heteroatoms.